The number of benzene rings is 2. The van der Waals surface area contributed by atoms with E-state index in [2.05, 4.69) is 26.3 Å². The first kappa shape index (κ1) is 26.1. The van der Waals surface area contributed by atoms with Crippen molar-refractivity contribution in [3.63, 3.8) is 0 Å². The largest absolute Gasteiger partial charge is 0.464 e. The highest BCUT2D eigenvalue weighted by Crippen LogP contribution is 2.41. The van der Waals surface area contributed by atoms with E-state index in [1.807, 2.05) is 32.9 Å². The number of fused-ring (bicyclic) bond motifs is 1. The van der Waals surface area contributed by atoms with Crippen molar-refractivity contribution in [2.75, 3.05) is 25.1 Å². The molecule has 0 amide bonds. The number of ether oxygens (including phenoxy) is 2. The first-order valence-corrected chi connectivity index (χ1v) is 12.4. The van der Waals surface area contributed by atoms with Gasteiger partial charge >= 0.3 is 0 Å². The van der Waals surface area contributed by atoms with E-state index in [1.165, 1.54) is 6.20 Å². The Morgan fingerprint density at radius 3 is 2.62 bits per heavy atom. The Kier molecular flexibility index (Phi) is 6.93. The molecule has 39 heavy (non-hydrogen) atoms. The van der Waals surface area contributed by atoms with Gasteiger partial charge in [0.1, 0.15) is 18.0 Å². The van der Waals surface area contributed by atoms with Gasteiger partial charge in [0.15, 0.2) is 17.4 Å². The van der Waals surface area contributed by atoms with Crippen molar-refractivity contribution in [1.29, 1.82) is 5.26 Å². The van der Waals surface area contributed by atoms with Crippen molar-refractivity contribution in [3.8, 4) is 28.7 Å². The number of aromatic amines is 1. The van der Waals surface area contributed by atoms with Crippen LogP contribution in [0.25, 0.3) is 22.2 Å². The summed E-state index contributed by atoms with van der Waals surface area (Å²) in [5.41, 5.74) is 3.18. The van der Waals surface area contributed by atoms with Gasteiger partial charge in [0.2, 0.25) is 0 Å². The molecule has 200 valence electrons. The number of pyridine rings is 1. The number of nitrogens with zero attached hydrogens (tertiary/aromatic N) is 3. The highest BCUT2D eigenvalue weighted by atomic mass is 19.1. The molecule has 10 heteroatoms. The van der Waals surface area contributed by atoms with Crippen LogP contribution in [0.15, 0.2) is 53.8 Å². The third kappa shape index (κ3) is 5.13. The summed E-state index contributed by atoms with van der Waals surface area (Å²) in [6.45, 7) is 6.33. The number of H-pyrrole nitrogens is 1. The summed E-state index contributed by atoms with van der Waals surface area (Å²) in [5, 5.41) is 22.1. The van der Waals surface area contributed by atoms with Crippen LogP contribution >= 0.6 is 0 Å². The smallest absolute Gasteiger partial charge is 0.289 e. The number of anilines is 1. The average Bonchev–Trinajstić information content (AvgIpc) is 3.36. The van der Waals surface area contributed by atoms with E-state index < -0.39 is 22.8 Å². The molecule has 0 aliphatic carbocycles. The van der Waals surface area contributed by atoms with E-state index in [-0.39, 0.29) is 36.6 Å². The molecule has 1 aliphatic rings. The van der Waals surface area contributed by atoms with Crippen LogP contribution in [-0.4, -0.2) is 40.9 Å². The Hall–Kier alpha value is -4.49. The molecule has 0 fully saturated rings. The number of aliphatic hydroxyl groups excluding tert-OH is 1. The molecule has 2 aromatic heterocycles. The molecule has 5 rings (SSSR count). The molecule has 0 saturated carbocycles. The number of nitriles is 1. The van der Waals surface area contributed by atoms with Gasteiger partial charge in [0.05, 0.1) is 30.2 Å². The molecular formula is C29H27F2N5O3. The molecule has 1 unspecified atom stereocenters. The highest BCUT2D eigenvalue weighted by Gasteiger charge is 2.29. The van der Waals surface area contributed by atoms with Crippen molar-refractivity contribution in [1.82, 2.24) is 9.97 Å². The average molecular weight is 532 g/mol. The van der Waals surface area contributed by atoms with Crippen molar-refractivity contribution < 1.29 is 23.4 Å². The number of aliphatic hydroxyl groups is 1. The van der Waals surface area contributed by atoms with Crippen LogP contribution in [-0.2, 0) is 4.74 Å². The lowest BCUT2D eigenvalue weighted by Crippen LogP contribution is -2.38. The standard InChI is InChI=1S/C29H27F2N5O3/c1-16(2)20-8-17(11-32)4-5-19(20)21-12-34-27-25(21)24(6-7-33-27)39-26-22(30)9-18(10-23(26)31)36-28-35-13-29(3,14-37)15-38-28/h4-10,12,16,37H,13-15H2,1-3H3,(H,33,34)(H,35,36). The van der Waals surface area contributed by atoms with E-state index in [0.29, 0.717) is 23.1 Å². The molecule has 1 aliphatic heterocycles. The fraction of sp³-hybridized carbons (Fsp3) is 0.276. The lowest BCUT2D eigenvalue weighted by atomic mass is 9.91. The molecular weight excluding hydrogens is 504 g/mol. The number of hydrogen-bond acceptors (Lipinski definition) is 7. The topological polar surface area (TPSA) is 116 Å². The van der Waals surface area contributed by atoms with Crippen molar-refractivity contribution in [2.24, 2.45) is 10.4 Å². The molecule has 2 aromatic carbocycles. The molecule has 0 saturated heterocycles. The van der Waals surface area contributed by atoms with E-state index in [9.17, 15) is 10.4 Å². The first-order valence-electron chi connectivity index (χ1n) is 12.4. The number of aromatic nitrogens is 2. The third-order valence-corrected chi connectivity index (χ3v) is 6.63. The summed E-state index contributed by atoms with van der Waals surface area (Å²) in [6, 6.07) is 11.4. The Balaban J connectivity index is 1.48. The summed E-state index contributed by atoms with van der Waals surface area (Å²) in [7, 11) is 0. The molecule has 0 bridgehead atoms. The Morgan fingerprint density at radius 2 is 1.97 bits per heavy atom. The maximum absolute atomic E-state index is 15.2. The second-order valence-corrected chi connectivity index (χ2v) is 10.2. The lowest BCUT2D eigenvalue weighted by molar-refractivity contribution is 0.0706. The highest BCUT2D eigenvalue weighted by molar-refractivity contribution is 5.99. The number of hydrogen-bond donors (Lipinski definition) is 3. The van der Waals surface area contributed by atoms with Crippen LogP contribution in [0, 0.1) is 28.4 Å². The van der Waals surface area contributed by atoms with Gasteiger partial charge in [-0.15, -0.1) is 0 Å². The molecule has 8 nitrogen and oxygen atoms in total. The van der Waals surface area contributed by atoms with Gasteiger partial charge < -0.3 is 24.9 Å². The van der Waals surface area contributed by atoms with E-state index in [0.717, 1.165) is 28.8 Å². The zero-order valence-corrected chi connectivity index (χ0v) is 21.7. The summed E-state index contributed by atoms with van der Waals surface area (Å²) >= 11 is 0. The third-order valence-electron chi connectivity index (χ3n) is 6.63. The van der Waals surface area contributed by atoms with Crippen molar-refractivity contribution >= 4 is 22.7 Å². The Labute approximate surface area is 223 Å². The van der Waals surface area contributed by atoms with Crippen molar-refractivity contribution in [2.45, 2.75) is 26.7 Å². The summed E-state index contributed by atoms with van der Waals surface area (Å²) in [4.78, 5) is 11.7. The van der Waals surface area contributed by atoms with Gasteiger partial charge in [-0.2, -0.15) is 5.26 Å². The molecule has 1 atom stereocenters. The predicted octanol–water partition coefficient (Wildman–Crippen LogP) is 6.09. The number of aliphatic imine (C=N–C) groups is 1. The number of halogens is 2. The van der Waals surface area contributed by atoms with Gasteiger partial charge in [0.25, 0.3) is 6.02 Å². The molecule has 3 heterocycles. The van der Waals surface area contributed by atoms with Gasteiger partial charge in [-0.25, -0.2) is 18.8 Å². The normalized spacial score (nSPS) is 17.0. The number of amidine groups is 1. The first-order chi connectivity index (χ1) is 18.7. The van der Waals surface area contributed by atoms with E-state index in [4.69, 9.17) is 9.47 Å². The van der Waals surface area contributed by atoms with Gasteiger partial charge in [0, 0.05) is 41.2 Å². The zero-order valence-electron chi connectivity index (χ0n) is 21.7. The zero-order chi connectivity index (χ0) is 27.7. The second-order valence-electron chi connectivity index (χ2n) is 10.2. The monoisotopic (exact) mass is 531 g/mol. The molecule has 3 N–H and O–H groups in total. The fourth-order valence-corrected chi connectivity index (χ4v) is 4.41. The van der Waals surface area contributed by atoms with Crippen LogP contribution in [0.5, 0.6) is 11.5 Å². The van der Waals surface area contributed by atoms with Crippen LogP contribution in [0.2, 0.25) is 0 Å². The van der Waals surface area contributed by atoms with Gasteiger partial charge in [-0.05, 0) is 35.2 Å². The summed E-state index contributed by atoms with van der Waals surface area (Å²) < 4.78 is 41.6. The maximum atomic E-state index is 15.2. The van der Waals surface area contributed by atoms with Gasteiger partial charge in [-0.1, -0.05) is 26.8 Å². The predicted molar refractivity (Wildman–Crippen MR) is 144 cm³/mol. The maximum Gasteiger partial charge on any atom is 0.289 e. The summed E-state index contributed by atoms with van der Waals surface area (Å²) in [5.74, 6) is -2.07. The molecule has 0 spiro atoms. The van der Waals surface area contributed by atoms with E-state index >= 15 is 8.78 Å². The Bertz CT molecular complexity index is 1600. The van der Waals surface area contributed by atoms with E-state index in [1.54, 1.807) is 18.3 Å². The Morgan fingerprint density at radius 1 is 1.21 bits per heavy atom. The minimum absolute atomic E-state index is 0.0891. The second kappa shape index (κ2) is 10.3. The molecule has 4 aromatic rings. The SMILES string of the molecule is CC(C)c1cc(C#N)ccc1-c1c[nH]c2nccc(Oc3c(F)cc(NC4=NCC(C)(CO)CO4)cc3F)c12. The van der Waals surface area contributed by atoms with Crippen LogP contribution in [0.3, 0.4) is 0 Å². The number of nitrogens with one attached hydrogen (secondary N) is 2. The van der Waals surface area contributed by atoms with Crippen molar-refractivity contribution in [3.05, 3.63) is 71.6 Å². The quantitative estimate of drug-likeness (QED) is 0.277. The minimum atomic E-state index is -0.919. The molecule has 0 radical (unpaired) electrons. The van der Waals surface area contributed by atoms with Gasteiger partial charge in [-0.3, -0.25) is 0 Å². The lowest BCUT2D eigenvalue weighted by Gasteiger charge is -2.30. The fourth-order valence-electron chi connectivity index (χ4n) is 4.41. The van der Waals surface area contributed by atoms with Crippen LogP contribution in [0.4, 0.5) is 14.5 Å². The number of rotatable bonds is 6. The van der Waals surface area contributed by atoms with Crippen LogP contribution < -0.4 is 10.1 Å². The summed E-state index contributed by atoms with van der Waals surface area (Å²) in [6.07, 6.45) is 3.26. The minimum Gasteiger partial charge on any atom is -0.464 e. The van der Waals surface area contributed by atoms with Crippen LogP contribution in [0.1, 0.15) is 37.8 Å².